The van der Waals surface area contributed by atoms with Gasteiger partial charge in [-0.3, -0.25) is 10.1 Å². The van der Waals surface area contributed by atoms with Gasteiger partial charge in [-0.1, -0.05) is 12.1 Å². The lowest BCUT2D eigenvalue weighted by atomic mass is 10.1. The lowest BCUT2D eigenvalue weighted by Crippen LogP contribution is -1.91. The van der Waals surface area contributed by atoms with Gasteiger partial charge in [-0.15, -0.1) is 0 Å². The molecule has 16 heavy (non-hydrogen) atoms. The summed E-state index contributed by atoms with van der Waals surface area (Å²) in [4.78, 5) is 17.3. The summed E-state index contributed by atoms with van der Waals surface area (Å²) >= 11 is 0. The Morgan fingerprint density at radius 3 is 2.56 bits per heavy atom. The summed E-state index contributed by atoms with van der Waals surface area (Å²) in [6.07, 6.45) is 2.48. The maximum atomic E-state index is 10.5. The molecule has 0 aliphatic carbocycles. The highest BCUT2D eigenvalue weighted by Crippen LogP contribution is 2.14. The van der Waals surface area contributed by atoms with Gasteiger partial charge < -0.3 is 4.98 Å². The van der Waals surface area contributed by atoms with E-state index in [4.69, 9.17) is 0 Å². The van der Waals surface area contributed by atoms with Crippen LogP contribution >= 0.6 is 0 Å². The molecule has 0 bridgehead atoms. The van der Waals surface area contributed by atoms with Gasteiger partial charge in [0.25, 0.3) is 5.69 Å². The van der Waals surface area contributed by atoms with Crippen LogP contribution in [0.2, 0.25) is 0 Å². The Kier molecular flexibility index (Phi) is 2.68. The number of aromatic amines is 1. The quantitative estimate of drug-likeness (QED) is 0.632. The maximum Gasteiger partial charge on any atom is 0.269 e. The van der Waals surface area contributed by atoms with Crippen molar-refractivity contribution in [2.24, 2.45) is 0 Å². The molecular formula is C11H11N3O2. The molecule has 5 nitrogen and oxygen atoms in total. The first-order valence-electron chi connectivity index (χ1n) is 4.89. The molecule has 0 fully saturated rings. The Bertz CT molecular complexity index is 502. The zero-order valence-corrected chi connectivity index (χ0v) is 8.80. The summed E-state index contributed by atoms with van der Waals surface area (Å²) in [6, 6.07) is 6.54. The second-order valence-electron chi connectivity index (χ2n) is 3.59. The second kappa shape index (κ2) is 4.14. The molecule has 0 radical (unpaired) electrons. The molecule has 0 saturated carbocycles. The van der Waals surface area contributed by atoms with Crippen LogP contribution in [-0.4, -0.2) is 14.9 Å². The molecule has 0 amide bonds. The van der Waals surface area contributed by atoms with E-state index in [0.29, 0.717) is 6.42 Å². The third-order valence-corrected chi connectivity index (χ3v) is 2.30. The monoisotopic (exact) mass is 217 g/mol. The van der Waals surface area contributed by atoms with Crippen molar-refractivity contribution < 1.29 is 4.92 Å². The largest absolute Gasteiger partial charge is 0.346 e. The molecule has 0 aliphatic rings. The predicted molar refractivity (Wildman–Crippen MR) is 59.2 cm³/mol. The molecule has 1 N–H and O–H groups in total. The van der Waals surface area contributed by atoms with Gasteiger partial charge in [-0.05, 0) is 12.5 Å². The summed E-state index contributed by atoms with van der Waals surface area (Å²) in [6.45, 7) is 1.89. The minimum absolute atomic E-state index is 0.115. The number of aryl methyl sites for hydroxylation is 1. The summed E-state index contributed by atoms with van der Waals surface area (Å²) in [5.74, 6) is 0.872. The summed E-state index contributed by atoms with van der Waals surface area (Å²) < 4.78 is 0. The van der Waals surface area contributed by atoms with E-state index in [1.54, 1.807) is 18.3 Å². The van der Waals surface area contributed by atoms with Crippen molar-refractivity contribution in [1.82, 2.24) is 9.97 Å². The van der Waals surface area contributed by atoms with Crippen molar-refractivity contribution in [2.45, 2.75) is 13.3 Å². The molecule has 0 aliphatic heterocycles. The van der Waals surface area contributed by atoms with E-state index in [1.807, 2.05) is 6.92 Å². The Labute approximate surface area is 92.3 Å². The lowest BCUT2D eigenvalue weighted by molar-refractivity contribution is -0.384. The van der Waals surface area contributed by atoms with Gasteiger partial charge in [-0.2, -0.15) is 0 Å². The molecule has 1 aromatic heterocycles. The fourth-order valence-corrected chi connectivity index (χ4v) is 1.52. The van der Waals surface area contributed by atoms with Crippen LogP contribution in [0, 0.1) is 17.0 Å². The van der Waals surface area contributed by atoms with Crippen LogP contribution in [0.5, 0.6) is 0 Å². The highest BCUT2D eigenvalue weighted by atomic mass is 16.6. The number of imidazole rings is 1. The number of benzene rings is 1. The lowest BCUT2D eigenvalue weighted by Gasteiger charge is -1.98. The van der Waals surface area contributed by atoms with Crippen LogP contribution in [0.25, 0.3) is 0 Å². The zero-order valence-electron chi connectivity index (χ0n) is 8.80. The van der Waals surface area contributed by atoms with E-state index in [2.05, 4.69) is 9.97 Å². The highest BCUT2D eigenvalue weighted by Gasteiger charge is 2.05. The molecular weight excluding hydrogens is 206 g/mol. The Balaban J connectivity index is 2.14. The molecule has 0 unspecified atom stereocenters. The van der Waals surface area contributed by atoms with Gasteiger partial charge in [-0.25, -0.2) is 4.98 Å². The molecule has 0 atom stereocenters. The fraction of sp³-hybridized carbons (Fsp3) is 0.182. The Morgan fingerprint density at radius 1 is 1.38 bits per heavy atom. The van der Waals surface area contributed by atoms with Crippen LogP contribution in [0.1, 0.15) is 17.1 Å². The first-order valence-corrected chi connectivity index (χ1v) is 4.89. The SMILES string of the molecule is Cc1ncc(Cc2ccc([N+](=O)[O-])cc2)[nH]1. The average molecular weight is 217 g/mol. The molecule has 0 spiro atoms. The smallest absolute Gasteiger partial charge is 0.269 e. The molecule has 1 heterocycles. The average Bonchev–Trinajstić information content (AvgIpc) is 2.65. The van der Waals surface area contributed by atoms with E-state index >= 15 is 0 Å². The molecule has 2 aromatic rings. The van der Waals surface area contributed by atoms with E-state index in [1.165, 1.54) is 12.1 Å². The number of nitro benzene ring substituents is 1. The first kappa shape index (κ1) is 10.4. The number of rotatable bonds is 3. The number of hydrogen-bond acceptors (Lipinski definition) is 3. The molecule has 1 aromatic carbocycles. The fourth-order valence-electron chi connectivity index (χ4n) is 1.52. The van der Waals surface area contributed by atoms with Crippen LogP contribution in [0.15, 0.2) is 30.5 Å². The topological polar surface area (TPSA) is 71.8 Å². The van der Waals surface area contributed by atoms with Crippen molar-refractivity contribution >= 4 is 5.69 Å². The van der Waals surface area contributed by atoms with E-state index in [0.717, 1.165) is 17.1 Å². The number of aromatic nitrogens is 2. The summed E-state index contributed by atoms with van der Waals surface area (Å²) in [5.41, 5.74) is 2.14. The van der Waals surface area contributed by atoms with Crippen LogP contribution < -0.4 is 0 Å². The Morgan fingerprint density at radius 2 is 2.06 bits per heavy atom. The first-order chi connectivity index (χ1) is 7.65. The zero-order chi connectivity index (χ0) is 11.5. The molecule has 0 saturated heterocycles. The number of non-ortho nitro benzene ring substituents is 1. The van der Waals surface area contributed by atoms with Gasteiger partial charge in [0, 0.05) is 30.4 Å². The number of nitrogens with zero attached hydrogens (tertiary/aromatic N) is 2. The van der Waals surface area contributed by atoms with Crippen LogP contribution in [0.4, 0.5) is 5.69 Å². The van der Waals surface area contributed by atoms with E-state index in [-0.39, 0.29) is 5.69 Å². The maximum absolute atomic E-state index is 10.5. The van der Waals surface area contributed by atoms with Gasteiger partial charge in [0.1, 0.15) is 5.82 Å². The normalized spacial score (nSPS) is 10.3. The predicted octanol–water partition coefficient (Wildman–Crippen LogP) is 2.22. The van der Waals surface area contributed by atoms with E-state index in [9.17, 15) is 10.1 Å². The summed E-state index contributed by atoms with van der Waals surface area (Å²) in [7, 11) is 0. The van der Waals surface area contributed by atoms with Crippen LogP contribution in [-0.2, 0) is 6.42 Å². The minimum atomic E-state index is -0.399. The van der Waals surface area contributed by atoms with Gasteiger partial charge >= 0.3 is 0 Å². The number of nitrogens with one attached hydrogen (secondary N) is 1. The highest BCUT2D eigenvalue weighted by molar-refractivity contribution is 5.34. The van der Waals surface area contributed by atoms with E-state index < -0.39 is 4.92 Å². The van der Waals surface area contributed by atoms with Crippen molar-refractivity contribution in [3.05, 3.63) is 57.7 Å². The minimum Gasteiger partial charge on any atom is -0.346 e. The Hall–Kier alpha value is -2.17. The number of hydrogen-bond donors (Lipinski definition) is 1. The molecule has 2 rings (SSSR count). The van der Waals surface area contributed by atoms with Gasteiger partial charge in [0.15, 0.2) is 0 Å². The number of nitro groups is 1. The van der Waals surface area contributed by atoms with Crippen molar-refractivity contribution in [2.75, 3.05) is 0 Å². The van der Waals surface area contributed by atoms with Crippen molar-refractivity contribution in [3.8, 4) is 0 Å². The van der Waals surface area contributed by atoms with Gasteiger partial charge in [0.05, 0.1) is 4.92 Å². The van der Waals surface area contributed by atoms with Gasteiger partial charge in [0.2, 0.25) is 0 Å². The van der Waals surface area contributed by atoms with Crippen molar-refractivity contribution in [3.63, 3.8) is 0 Å². The standard InChI is InChI=1S/C11H11N3O2/c1-8-12-7-10(13-8)6-9-2-4-11(5-3-9)14(15)16/h2-5,7H,6H2,1H3,(H,12,13). The molecule has 5 heteroatoms. The third-order valence-electron chi connectivity index (χ3n) is 2.30. The molecule has 82 valence electrons. The number of H-pyrrole nitrogens is 1. The second-order valence-corrected chi connectivity index (χ2v) is 3.59. The van der Waals surface area contributed by atoms with Crippen molar-refractivity contribution in [1.29, 1.82) is 0 Å². The third kappa shape index (κ3) is 2.25. The summed E-state index contributed by atoms with van der Waals surface area (Å²) in [5, 5.41) is 10.5. The van der Waals surface area contributed by atoms with Crippen LogP contribution in [0.3, 0.4) is 0 Å².